The second kappa shape index (κ2) is 4.45. The lowest BCUT2D eigenvalue weighted by Crippen LogP contribution is -2.47. The summed E-state index contributed by atoms with van der Waals surface area (Å²) in [4.78, 5) is 12.2. The highest BCUT2D eigenvalue weighted by Gasteiger charge is 2.45. The first-order valence-electron chi connectivity index (χ1n) is 5.56. The number of hydrogen-bond acceptors (Lipinski definition) is 3. The van der Waals surface area contributed by atoms with Crippen LogP contribution in [0.3, 0.4) is 0 Å². The van der Waals surface area contributed by atoms with Gasteiger partial charge in [-0.05, 0) is 31.4 Å². The highest BCUT2D eigenvalue weighted by Crippen LogP contribution is 2.38. The van der Waals surface area contributed by atoms with Crippen LogP contribution in [-0.4, -0.2) is 25.6 Å². The maximum atomic E-state index is 13.8. The quantitative estimate of drug-likeness (QED) is 0.756. The molecule has 1 aliphatic carbocycles. The van der Waals surface area contributed by atoms with Crippen LogP contribution < -0.4 is 4.74 Å². The third-order valence-corrected chi connectivity index (χ3v) is 3.39. The fourth-order valence-electron chi connectivity index (χ4n) is 2.07. The maximum Gasteiger partial charge on any atom is 0.197 e. The SMILES string of the molecule is COc1ccc(C(=O)C2(OC)CCC2)c(F)c1. The average Bonchev–Trinajstić information content (AvgIpc) is 2.28. The molecule has 0 spiro atoms. The third kappa shape index (κ3) is 1.93. The van der Waals surface area contributed by atoms with E-state index < -0.39 is 11.4 Å². The molecule has 1 aromatic carbocycles. The Morgan fingerprint density at radius 3 is 2.47 bits per heavy atom. The Balaban J connectivity index is 2.31. The second-order valence-electron chi connectivity index (χ2n) is 4.23. The first kappa shape index (κ1) is 12.0. The molecular weight excluding hydrogens is 223 g/mol. The van der Waals surface area contributed by atoms with Crippen LogP contribution in [0.25, 0.3) is 0 Å². The maximum absolute atomic E-state index is 13.8. The Morgan fingerprint density at radius 2 is 2.06 bits per heavy atom. The van der Waals surface area contributed by atoms with E-state index >= 15 is 0 Å². The van der Waals surface area contributed by atoms with Crippen molar-refractivity contribution in [2.75, 3.05) is 14.2 Å². The van der Waals surface area contributed by atoms with Gasteiger partial charge in [-0.1, -0.05) is 0 Å². The number of Topliss-reactive ketones (excluding diaryl/α,β-unsaturated/α-hetero) is 1. The number of benzene rings is 1. The smallest absolute Gasteiger partial charge is 0.197 e. The van der Waals surface area contributed by atoms with E-state index in [1.54, 1.807) is 6.07 Å². The van der Waals surface area contributed by atoms with E-state index in [0.29, 0.717) is 18.6 Å². The van der Waals surface area contributed by atoms with Crippen LogP contribution in [0, 0.1) is 5.82 Å². The van der Waals surface area contributed by atoms with E-state index in [9.17, 15) is 9.18 Å². The molecule has 0 bridgehead atoms. The van der Waals surface area contributed by atoms with Gasteiger partial charge in [-0.25, -0.2) is 4.39 Å². The Kier molecular flexibility index (Phi) is 3.15. The fourth-order valence-corrected chi connectivity index (χ4v) is 2.07. The van der Waals surface area contributed by atoms with Crippen LogP contribution in [0.15, 0.2) is 18.2 Å². The summed E-state index contributed by atoms with van der Waals surface area (Å²) in [6.45, 7) is 0. The summed E-state index contributed by atoms with van der Waals surface area (Å²) in [7, 11) is 2.96. The summed E-state index contributed by atoms with van der Waals surface area (Å²) < 4.78 is 23.9. The molecule has 1 aliphatic rings. The molecule has 3 nitrogen and oxygen atoms in total. The number of methoxy groups -OCH3 is 2. The first-order chi connectivity index (χ1) is 8.13. The lowest BCUT2D eigenvalue weighted by Gasteiger charge is -2.38. The monoisotopic (exact) mass is 238 g/mol. The highest BCUT2D eigenvalue weighted by molar-refractivity contribution is 6.03. The predicted molar refractivity (Wildman–Crippen MR) is 60.9 cm³/mol. The second-order valence-corrected chi connectivity index (χ2v) is 4.23. The van der Waals surface area contributed by atoms with Crippen molar-refractivity contribution < 1.29 is 18.7 Å². The molecule has 92 valence electrons. The lowest BCUT2D eigenvalue weighted by molar-refractivity contribution is -0.0450. The van der Waals surface area contributed by atoms with Gasteiger partial charge in [-0.3, -0.25) is 4.79 Å². The van der Waals surface area contributed by atoms with Crippen LogP contribution in [0.2, 0.25) is 0 Å². The number of carbonyl (C=O) groups excluding carboxylic acids is 1. The van der Waals surface area contributed by atoms with Crippen molar-refractivity contribution in [3.63, 3.8) is 0 Å². The largest absolute Gasteiger partial charge is 0.497 e. The molecule has 0 aromatic heterocycles. The molecule has 1 saturated carbocycles. The molecule has 17 heavy (non-hydrogen) atoms. The highest BCUT2D eigenvalue weighted by atomic mass is 19.1. The first-order valence-corrected chi connectivity index (χ1v) is 5.56. The topological polar surface area (TPSA) is 35.5 Å². The molecule has 1 fully saturated rings. The minimum atomic E-state index is -0.810. The molecule has 0 aliphatic heterocycles. The van der Waals surface area contributed by atoms with Crippen molar-refractivity contribution in [2.24, 2.45) is 0 Å². The number of ketones is 1. The van der Waals surface area contributed by atoms with Gasteiger partial charge >= 0.3 is 0 Å². The van der Waals surface area contributed by atoms with E-state index in [0.717, 1.165) is 6.42 Å². The molecule has 1 aromatic rings. The number of ether oxygens (including phenoxy) is 2. The molecular formula is C13H15FO3. The molecule has 0 radical (unpaired) electrons. The van der Waals surface area contributed by atoms with Crippen LogP contribution in [0.1, 0.15) is 29.6 Å². The van der Waals surface area contributed by atoms with Gasteiger partial charge in [0, 0.05) is 13.2 Å². The number of carbonyl (C=O) groups is 1. The van der Waals surface area contributed by atoms with Crippen LogP contribution in [0.4, 0.5) is 4.39 Å². The zero-order chi connectivity index (χ0) is 12.5. The van der Waals surface area contributed by atoms with E-state index in [1.807, 2.05) is 0 Å². The van der Waals surface area contributed by atoms with Gasteiger partial charge < -0.3 is 9.47 Å². The summed E-state index contributed by atoms with van der Waals surface area (Å²) in [5.74, 6) is -0.428. The summed E-state index contributed by atoms with van der Waals surface area (Å²) in [5, 5.41) is 0. The molecule has 0 amide bonds. The van der Waals surface area contributed by atoms with Gasteiger partial charge in [-0.2, -0.15) is 0 Å². The lowest BCUT2D eigenvalue weighted by atomic mass is 9.74. The van der Waals surface area contributed by atoms with Crippen molar-refractivity contribution >= 4 is 5.78 Å². The molecule has 0 heterocycles. The zero-order valence-corrected chi connectivity index (χ0v) is 9.96. The standard InChI is InChI=1S/C13H15FO3/c1-16-9-4-5-10(11(14)8-9)12(15)13(17-2)6-3-7-13/h4-5,8H,3,6-7H2,1-2H3. The molecule has 0 unspecified atom stereocenters. The van der Waals surface area contributed by atoms with Gasteiger partial charge in [-0.15, -0.1) is 0 Å². The summed E-state index contributed by atoms with van der Waals surface area (Å²) in [5.41, 5.74) is -0.734. The van der Waals surface area contributed by atoms with Gasteiger partial charge in [0.25, 0.3) is 0 Å². The summed E-state index contributed by atoms with van der Waals surface area (Å²) in [6.07, 6.45) is 2.26. The van der Waals surface area contributed by atoms with Crippen LogP contribution in [0.5, 0.6) is 5.75 Å². The number of rotatable bonds is 4. The Hall–Kier alpha value is -1.42. The summed E-state index contributed by atoms with van der Waals surface area (Å²) in [6, 6.07) is 4.25. The van der Waals surface area contributed by atoms with Gasteiger partial charge in [0.05, 0.1) is 12.7 Å². The van der Waals surface area contributed by atoms with Crippen molar-refractivity contribution in [1.29, 1.82) is 0 Å². The van der Waals surface area contributed by atoms with E-state index in [4.69, 9.17) is 9.47 Å². The Morgan fingerprint density at radius 1 is 1.35 bits per heavy atom. The Bertz CT molecular complexity index is 433. The zero-order valence-electron chi connectivity index (χ0n) is 9.96. The fraction of sp³-hybridized carbons (Fsp3) is 0.462. The van der Waals surface area contributed by atoms with E-state index in [-0.39, 0.29) is 11.3 Å². The van der Waals surface area contributed by atoms with Crippen molar-refractivity contribution in [2.45, 2.75) is 24.9 Å². The van der Waals surface area contributed by atoms with E-state index in [1.165, 1.54) is 26.4 Å². The molecule has 2 rings (SSSR count). The van der Waals surface area contributed by atoms with Crippen molar-refractivity contribution in [3.05, 3.63) is 29.6 Å². The van der Waals surface area contributed by atoms with Gasteiger partial charge in [0.15, 0.2) is 5.78 Å². The minimum absolute atomic E-state index is 0.0763. The van der Waals surface area contributed by atoms with Crippen LogP contribution >= 0.6 is 0 Å². The Labute approximate surface area is 99.5 Å². The van der Waals surface area contributed by atoms with E-state index in [2.05, 4.69) is 0 Å². The summed E-state index contributed by atoms with van der Waals surface area (Å²) >= 11 is 0. The van der Waals surface area contributed by atoms with Crippen molar-refractivity contribution in [1.82, 2.24) is 0 Å². The number of halogens is 1. The minimum Gasteiger partial charge on any atom is -0.497 e. The molecule has 4 heteroatoms. The third-order valence-electron chi connectivity index (χ3n) is 3.39. The molecule has 0 atom stereocenters. The predicted octanol–water partition coefficient (Wildman–Crippen LogP) is 2.59. The van der Waals surface area contributed by atoms with Gasteiger partial charge in [0.2, 0.25) is 0 Å². The number of hydrogen-bond donors (Lipinski definition) is 0. The normalized spacial score (nSPS) is 17.4. The average molecular weight is 238 g/mol. The van der Waals surface area contributed by atoms with Gasteiger partial charge in [0.1, 0.15) is 17.2 Å². The van der Waals surface area contributed by atoms with Crippen LogP contribution in [-0.2, 0) is 4.74 Å². The molecule has 0 N–H and O–H groups in total. The molecule has 0 saturated heterocycles. The van der Waals surface area contributed by atoms with Crippen molar-refractivity contribution in [3.8, 4) is 5.75 Å².